The van der Waals surface area contributed by atoms with E-state index in [-0.39, 0.29) is 11.8 Å². The van der Waals surface area contributed by atoms with Gasteiger partial charge in [0.1, 0.15) is 6.10 Å². The SMILES string of the molecule is C/C=C(\OC)C(=O)Oc1ccc2c3c1OC1C(O)CCC4(O)C(C2)N(CC2CCC2)CCC314. The predicted molar refractivity (Wildman–Crippen MR) is 120 cm³/mol. The lowest BCUT2D eigenvalue weighted by molar-refractivity contribution is -0.209. The molecule has 1 aromatic rings. The van der Waals surface area contributed by atoms with Crippen molar-refractivity contribution in [1.82, 2.24) is 4.90 Å². The van der Waals surface area contributed by atoms with Crippen molar-refractivity contribution in [3.8, 4) is 11.5 Å². The van der Waals surface area contributed by atoms with E-state index in [9.17, 15) is 15.0 Å². The Hall–Kier alpha value is -2.09. The van der Waals surface area contributed by atoms with Crippen molar-refractivity contribution in [2.45, 2.75) is 81.1 Å². The fourth-order valence-corrected chi connectivity index (χ4v) is 7.37. The van der Waals surface area contributed by atoms with Crippen LogP contribution < -0.4 is 9.47 Å². The monoisotopic (exact) mass is 455 g/mol. The third-order valence-corrected chi connectivity index (χ3v) is 9.13. The van der Waals surface area contributed by atoms with Crippen LogP contribution in [0.3, 0.4) is 0 Å². The maximum atomic E-state index is 12.6. The molecule has 7 heteroatoms. The molecule has 5 atom stereocenters. The number of likely N-dealkylation sites (tertiary alicyclic amines) is 1. The summed E-state index contributed by atoms with van der Waals surface area (Å²) in [6, 6.07) is 3.81. The number of carbonyl (C=O) groups is 1. The topological polar surface area (TPSA) is 88.5 Å². The third kappa shape index (κ3) is 2.76. The zero-order valence-corrected chi connectivity index (χ0v) is 19.4. The van der Waals surface area contributed by atoms with Crippen molar-refractivity contribution >= 4 is 5.97 Å². The summed E-state index contributed by atoms with van der Waals surface area (Å²) in [5.41, 5.74) is 0.424. The van der Waals surface area contributed by atoms with Crippen molar-refractivity contribution < 1.29 is 29.2 Å². The average molecular weight is 456 g/mol. The first-order valence-corrected chi connectivity index (χ1v) is 12.3. The summed E-state index contributed by atoms with van der Waals surface area (Å²) < 4.78 is 17.2. The summed E-state index contributed by atoms with van der Waals surface area (Å²) in [5, 5.41) is 23.4. The highest BCUT2D eigenvalue weighted by Gasteiger charge is 2.73. The molecule has 2 heterocycles. The van der Waals surface area contributed by atoms with E-state index < -0.39 is 29.2 Å². The fraction of sp³-hybridized carbons (Fsp3) is 0.654. The number of aliphatic hydroxyl groups is 2. The van der Waals surface area contributed by atoms with Gasteiger partial charge >= 0.3 is 5.97 Å². The summed E-state index contributed by atoms with van der Waals surface area (Å²) >= 11 is 0. The first kappa shape index (κ1) is 21.4. The number of ether oxygens (including phenoxy) is 3. The number of nitrogens with zero attached hydrogens (tertiary/aromatic N) is 1. The van der Waals surface area contributed by atoms with Gasteiger partial charge in [0, 0.05) is 18.2 Å². The molecule has 0 amide bonds. The highest BCUT2D eigenvalue weighted by molar-refractivity contribution is 5.88. The second-order valence-electron chi connectivity index (χ2n) is 10.5. The van der Waals surface area contributed by atoms with Gasteiger partial charge in [-0.3, -0.25) is 4.90 Å². The molecule has 6 rings (SSSR count). The van der Waals surface area contributed by atoms with Gasteiger partial charge in [0.05, 0.1) is 24.2 Å². The first-order chi connectivity index (χ1) is 15.9. The van der Waals surface area contributed by atoms with E-state index in [1.54, 1.807) is 19.1 Å². The van der Waals surface area contributed by atoms with Crippen LogP contribution in [-0.4, -0.2) is 65.1 Å². The lowest BCUT2D eigenvalue weighted by atomic mass is 9.48. The van der Waals surface area contributed by atoms with Crippen LogP contribution in [-0.2, 0) is 21.4 Å². The zero-order valence-electron chi connectivity index (χ0n) is 19.4. The maximum Gasteiger partial charge on any atom is 0.378 e. The molecular weight excluding hydrogens is 422 g/mol. The van der Waals surface area contributed by atoms with E-state index in [0.717, 1.165) is 43.0 Å². The van der Waals surface area contributed by atoms with E-state index in [4.69, 9.17) is 14.2 Å². The van der Waals surface area contributed by atoms with E-state index in [1.165, 1.54) is 26.4 Å². The molecule has 1 saturated heterocycles. The molecule has 178 valence electrons. The Kier molecular flexibility index (Phi) is 4.84. The number of carbonyl (C=O) groups excluding carboxylic acids is 1. The van der Waals surface area contributed by atoms with E-state index in [0.29, 0.717) is 24.3 Å². The molecule has 5 aliphatic rings. The number of benzene rings is 1. The van der Waals surface area contributed by atoms with Crippen LogP contribution in [0.4, 0.5) is 0 Å². The van der Waals surface area contributed by atoms with Gasteiger partial charge in [-0.05, 0) is 75.6 Å². The average Bonchev–Trinajstić information content (AvgIpc) is 3.12. The molecule has 3 aliphatic carbocycles. The Labute approximate surface area is 194 Å². The Morgan fingerprint density at radius 3 is 2.82 bits per heavy atom. The van der Waals surface area contributed by atoms with Crippen molar-refractivity contribution in [3.05, 3.63) is 35.1 Å². The van der Waals surface area contributed by atoms with Crippen molar-refractivity contribution in [2.24, 2.45) is 5.92 Å². The molecule has 0 aromatic heterocycles. The molecule has 2 aliphatic heterocycles. The quantitative estimate of drug-likeness (QED) is 0.305. The molecule has 2 N–H and O–H groups in total. The maximum absolute atomic E-state index is 12.6. The normalized spacial score (nSPS) is 37.1. The highest BCUT2D eigenvalue weighted by atomic mass is 16.6. The predicted octanol–water partition coefficient (Wildman–Crippen LogP) is 2.46. The lowest BCUT2D eigenvalue weighted by Gasteiger charge is -2.64. The summed E-state index contributed by atoms with van der Waals surface area (Å²) in [6.45, 7) is 3.63. The summed E-state index contributed by atoms with van der Waals surface area (Å²) in [7, 11) is 1.43. The largest absolute Gasteiger partial charge is 0.490 e. The molecule has 3 fully saturated rings. The number of hydrogen-bond acceptors (Lipinski definition) is 7. The van der Waals surface area contributed by atoms with Crippen molar-refractivity contribution in [2.75, 3.05) is 20.2 Å². The number of aliphatic hydroxyl groups excluding tert-OH is 1. The van der Waals surface area contributed by atoms with Crippen molar-refractivity contribution in [1.29, 1.82) is 0 Å². The van der Waals surface area contributed by atoms with Gasteiger partial charge in [-0.1, -0.05) is 12.5 Å². The minimum atomic E-state index is -0.971. The number of hydrogen-bond donors (Lipinski definition) is 2. The Morgan fingerprint density at radius 1 is 1.30 bits per heavy atom. The van der Waals surface area contributed by atoms with Crippen LogP contribution in [0.1, 0.15) is 56.6 Å². The minimum Gasteiger partial charge on any atom is -0.490 e. The summed E-state index contributed by atoms with van der Waals surface area (Å²) in [5.74, 6) is 1.08. The number of piperidine rings is 1. The van der Waals surface area contributed by atoms with Crippen LogP contribution in [0, 0.1) is 5.92 Å². The second-order valence-corrected chi connectivity index (χ2v) is 10.5. The van der Waals surface area contributed by atoms with Crippen LogP contribution in [0.5, 0.6) is 11.5 Å². The first-order valence-electron chi connectivity index (χ1n) is 12.3. The number of esters is 1. The summed E-state index contributed by atoms with van der Waals surface area (Å²) in [4.78, 5) is 15.1. The molecule has 1 aromatic carbocycles. The van der Waals surface area contributed by atoms with Crippen LogP contribution >= 0.6 is 0 Å². The molecule has 33 heavy (non-hydrogen) atoms. The van der Waals surface area contributed by atoms with Crippen LogP contribution in [0.25, 0.3) is 0 Å². The molecule has 1 spiro atoms. The number of allylic oxidation sites excluding steroid dienone is 1. The molecule has 0 radical (unpaired) electrons. The molecule has 7 nitrogen and oxygen atoms in total. The van der Waals surface area contributed by atoms with E-state index in [1.807, 2.05) is 6.07 Å². The lowest BCUT2D eigenvalue weighted by Crippen LogP contribution is -2.77. The molecular formula is C26H33NO6. The second kappa shape index (κ2) is 7.45. The van der Waals surface area contributed by atoms with E-state index in [2.05, 4.69) is 4.90 Å². The Balaban J connectivity index is 1.44. The van der Waals surface area contributed by atoms with Gasteiger partial charge in [0.25, 0.3) is 0 Å². The minimum absolute atomic E-state index is 0.0143. The fourth-order valence-electron chi connectivity index (χ4n) is 7.37. The smallest absolute Gasteiger partial charge is 0.378 e. The molecule has 2 saturated carbocycles. The highest BCUT2D eigenvalue weighted by Crippen LogP contribution is 2.65. The van der Waals surface area contributed by atoms with Gasteiger partial charge < -0.3 is 24.4 Å². The summed E-state index contributed by atoms with van der Waals surface area (Å²) in [6.07, 6.45) is 6.74. The van der Waals surface area contributed by atoms with E-state index >= 15 is 0 Å². The van der Waals surface area contributed by atoms with Gasteiger partial charge in [-0.2, -0.15) is 0 Å². The number of methoxy groups -OCH3 is 1. The number of rotatable bonds is 5. The Morgan fingerprint density at radius 2 is 2.12 bits per heavy atom. The van der Waals surface area contributed by atoms with Crippen LogP contribution in [0.2, 0.25) is 0 Å². The van der Waals surface area contributed by atoms with Gasteiger partial charge in [0.2, 0.25) is 0 Å². The molecule has 2 bridgehead atoms. The van der Waals surface area contributed by atoms with Gasteiger partial charge in [-0.25, -0.2) is 4.79 Å². The molecule has 5 unspecified atom stereocenters. The standard InChI is InChI=1S/C26H33NO6/c1-3-18(31-2)24(29)32-19-8-7-16-13-20-26(30)10-9-17(28)23-25(26,21(16)22(19)33-23)11-12-27(20)14-15-5-4-6-15/h3,7-8,15,17,20,23,28,30H,4-6,9-14H2,1-2H3/b18-3-. The van der Waals surface area contributed by atoms with Gasteiger partial charge in [-0.15, -0.1) is 0 Å². The van der Waals surface area contributed by atoms with Crippen molar-refractivity contribution in [3.63, 3.8) is 0 Å². The third-order valence-electron chi connectivity index (χ3n) is 9.13. The van der Waals surface area contributed by atoms with Gasteiger partial charge in [0.15, 0.2) is 17.3 Å². The Bertz CT molecular complexity index is 1020. The van der Waals surface area contributed by atoms with Crippen LogP contribution in [0.15, 0.2) is 24.0 Å². The zero-order chi connectivity index (χ0) is 23.0.